The SMILES string of the molecule is CNc1nc(Nc2ccc(C)cc2)nc(-n2cncn2)n1. The molecule has 0 aliphatic rings. The summed E-state index contributed by atoms with van der Waals surface area (Å²) < 4.78 is 1.48. The van der Waals surface area contributed by atoms with E-state index < -0.39 is 0 Å². The third-order valence-electron chi connectivity index (χ3n) is 2.78. The summed E-state index contributed by atoms with van der Waals surface area (Å²) in [6, 6.07) is 7.96. The lowest BCUT2D eigenvalue weighted by atomic mass is 10.2. The van der Waals surface area contributed by atoms with Crippen molar-refractivity contribution in [3.8, 4) is 5.95 Å². The zero-order valence-corrected chi connectivity index (χ0v) is 11.6. The second kappa shape index (κ2) is 5.53. The number of hydrogen-bond acceptors (Lipinski definition) is 7. The third-order valence-corrected chi connectivity index (χ3v) is 2.78. The summed E-state index contributed by atoms with van der Waals surface area (Å²) in [5.74, 6) is 1.27. The molecule has 0 bridgehead atoms. The van der Waals surface area contributed by atoms with Crippen molar-refractivity contribution in [3.63, 3.8) is 0 Å². The normalized spacial score (nSPS) is 10.4. The highest BCUT2D eigenvalue weighted by Gasteiger charge is 2.08. The van der Waals surface area contributed by atoms with Gasteiger partial charge in [-0.3, -0.25) is 0 Å². The smallest absolute Gasteiger partial charge is 0.258 e. The molecule has 21 heavy (non-hydrogen) atoms. The Kier molecular flexibility index (Phi) is 3.42. The molecule has 0 amide bonds. The van der Waals surface area contributed by atoms with Crippen molar-refractivity contribution in [2.24, 2.45) is 0 Å². The van der Waals surface area contributed by atoms with Crippen LogP contribution in [0.2, 0.25) is 0 Å². The lowest BCUT2D eigenvalue weighted by molar-refractivity contribution is 0.798. The Morgan fingerprint density at radius 2 is 1.76 bits per heavy atom. The van der Waals surface area contributed by atoms with Gasteiger partial charge in [0.25, 0.3) is 5.95 Å². The van der Waals surface area contributed by atoms with Crippen LogP contribution < -0.4 is 10.6 Å². The molecule has 0 radical (unpaired) electrons. The fourth-order valence-corrected chi connectivity index (χ4v) is 1.71. The summed E-state index contributed by atoms with van der Waals surface area (Å²) in [5.41, 5.74) is 2.09. The highest BCUT2D eigenvalue weighted by Crippen LogP contribution is 2.15. The van der Waals surface area contributed by atoms with E-state index in [1.165, 1.54) is 22.9 Å². The lowest BCUT2D eigenvalue weighted by Gasteiger charge is -2.08. The minimum Gasteiger partial charge on any atom is -0.357 e. The van der Waals surface area contributed by atoms with Crippen LogP contribution in [0.15, 0.2) is 36.9 Å². The number of aryl methyl sites for hydroxylation is 1. The number of anilines is 3. The summed E-state index contributed by atoms with van der Waals surface area (Å²) in [6.45, 7) is 2.04. The van der Waals surface area contributed by atoms with E-state index in [0.29, 0.717) is 17.8 Å². The number of hydrogen-bond donors (Lipinski definition) is 2. The van der Waals surface area contributed by atoms with E-state index in [1.807, 2.05) is 31.2 Å². The molecule has 0 spiro atoms. The predicted molar refractivity (Wildman–Crippen MR) is 78.8 cm³/mol. The average molecular weight is 282 g/mol. The van der Waals surface area contributed by atoms with Gasteiger partial charge in [-0.1, -0.05) is 17.7 Å². The van der Waals surface area contributed by atoms with Crippen LogP contribution in [0.4, 0.5) is 17.6 Å². The Morgan fingerprint density at radius 3 is 2.43 bits per heavy atom. The van der Waals surface area contributed by atoms with Crippen LogP contribution in [0, 0.1) is 6.92 Å². The fourth-order valence-electron chi connectivity index (χ4n) is 1.71. The summed E-state index contributed by atoms with van der Waals surface area (Å²) in [7, 11) is 1.75. The molecule has 0 saturated carbocycles. The summed E-state index contributed by atoms with van der Waals surface area (Å²) in [6.07, 6.45) is 2.96. The quantitative estimate of drug-likeness (QED) is 0.749. The van der Waals surface area contributed by atoms with E-state index in [2.05, 4.69) is 35.7 Å². The molecule has 0 aliphatic heterocycles. The predicted octanol–water partition coefficient (Wildman–Crippen LogP) is 1.55. The standard InChI is InChI=1S/C13H14N8/c1-9-3-5-10(6-4-9)17-12-18-11(14-2)19-13(20-12)21-8-15-7-16-21/h3-8H,1-2H3,(H2,14,17,18,19,20). The zero-order chi connectivity index (χ0) is 14.7. The second-order valence-electron chi connectivity index (χ2n) is 4.36. The summed E-state index contributed by atoms with van der Waals surface area (Å²) >= 11 is 0. The van der Waals surface area contributed by atoms with Gasteiger partial charge in [-0.05, 0) is 19.1 Å². The molecular weight excluding hydrogens is 268 g/mol. The van der Waals surface area contributed by atoms with Gasteiger partial charge in [-0.2, -0.15) is 24.7 Å². The van der Waals surface area contributed by atoms with Crippen molar-refractivity contribution in [2.75, 3.05) is 17.7 Å². The van der Waals surface area contributed by atoms with Gasteiger partial charge in [0.1, 0.15) is 12.7 Å². The molecule has 0 fully saturated rings. The van der Waals surface area contributed by atoms with E-state index in [9.17, 15) is 0 Å². The van der Waals surface area contributed by atoms with Crippen molar-refractivity contribution in [3.05, 3.63) is 42.5 Å². The fraction of sp³-hybridized carbons (Fsp3) is 0.154. The van der Waals surface area contributed by atoms with Gasteiger partial charge in [0.05, 0.1) is 0 Å². The molecule has 2 N–H and O–H groups in total. The van der Waals surface area contributed by atoms with E-state index in [1.54, 1.807) is 7.05 Å². The maximum Gasteiger partial charge on any atom is 0.258 e. The van der Waals surface area contributed by atoms with E-state index >= 15 is 0 Å². The number of aromatic nitrogens is 6. The molecular formula is C13H14N8. The van der Waals surface area contributed by atoms with Gasteiger partial charge in [-0.15, -0.1) is 0 Å². The molecule has 2 heterocycles. The highest BCUT2D eigenvalue weighted by atomic mass is 15.4. The molecule has 8 nitrogen and oxygen atoms in total. The number of nitrogens with zero attached hydrogens (tertiary/aromatic N) is 6. The monoisotopic (exact) mass is 282 g/mol. The average Bonchev–Trinajstić information content (AvgIpc) is 3.04. The Hall–Kier alpha value is -3.03. The molecule has 106 valence electrons. The first kappa shape index (κ1) is 13.0. The Labute approximate surface area is 121 Å². The van der Waals surface area contributed by atoms with Gasteiger partial charge >= 0.3 is 0 Å². The minimum atomic E-state index is 0.390. The molecule has 0 unspecified atom stereocenters. The molecule has 8 heteroatoms. The van der Waals surface area contributed by atoms with Gasteiger partial charge in [0.2, 0.25) is 11.9 Å². The Morgan fingerprint density at radius 1 is 1.00 bits per heavy atom. The molecule has 0 saturated heterocycles. The van der Waals surface area contributed by atoms with Crippen LogP contribution in [0.1, 0.15) is 5.56 Å². The van der Waals surface area contributed by atoms with Gasteiger partial charge in [0, 0.05) is 12.7 Å². The van der Waals surface area contributed by atoms with Crippen LogP contribution in [0.25, 0.3) is 5.95 Å². The van der Waals surface area contributed by atoms with Crippen molar-refractivity contribution in [1.29, 1.82) is 0 Å². The van der Waals surface area contributed by atoms with E-state index in [0.717, 1.165) is 5.69 Å². The summed E-state index contributed by atoms with van der Waals surface area (Å²) in [5, 5.41) is 10.1. The first-order valence-corrected chi connectivity index (χ1v) is 6.37. The van der Waals surface area contributed by atoms with E-state index in [4.69, 9.17) is 0 Å². The van der Waals surface area contributed by atoms with E-state index in [-0.39, 0.29) is 0 Å². The highest BCUT2D eigenvalue weighted by molar-refractivity contribution is 5.55. The second-order valence-corrected chi connectivity index (χ2v) is 4.36. The maximum atomic E-state index is 4.33. The first-order chi connectivity index (χ1) is 10.2. The molecule has 3 aromatic rings. The number of rotatable bonds is 4. The van der Waals surface area contributed by atoms with Crippen LogP contribution in [0.5, 0.6) is 0 Å². The van der Waals surface area contributed by atoms with Crippen molar-refractivity contribution < 1.29 is 0 Å². The molecule has 1 aromatic carbocycles. The van der Waals surface area contributed by atoms with Crippen LogP contribution in [-0.2, 0) is 0 Å². The number of nitrogens with one attached hydrogen (secondary N) is 2. The largest absolute Gasteiger partial charge is 0.357 e. The van der Waals surface area contributed by atoms with Crippen LogP contribution in [0.3, 0.4) is 0 Å². The number of benzene rings is 1. The first-order valence-electron chi connectivity index (χ1n) is 6.37. The Bertz CT molecular complexity index is 720. The van der Waals surface area contributed by atoms with Crippen LogP contribution >= 0.6 is 0 Å². The van der Waals surface area contributed by atoms with Crippen molar-refractivity contribution >= 4 is 17.6 Å². The van der Waals surface area contributed by atoms with Gasteiger partial charge in [-0.25, -0.2) is 4.98 Å². The third kappa shape index (κ3) is 2.94. The van der Waals surface area contributed by atoms with Crippen LogP contribution in [-0.4, -0.2) is 36.8 Å². The van der Waals surface area contributed by atoms with Crippen molar-refractivity contribution in [2.45, 2.75) is 6.92 Å². The van der Waals surface area contributed by atoms with Crippen molar-refractivity contribution in [1.82, 2.24) is 29.7 Å². The zero-order valence-electron chi connectivity index (χ0n) is 11.6. The molecule has 0 aliphatic carbocycles. The minimum absolute atomic E-state index is 0.390. The topological polar surface area (TPSA) is 93.4 Å². The maximum absolute atomic E-state index is 4.33. The van der Waals surface area contributed by atoms with Gasteiger partial charge in [0.15, 0.2) is 0 Å². The van der Waals surface area contributed by atoms with Gasteiger partial charge < -0.3 is 10.6 Å². The Balaban J connectivity index is 1.94. The summed E-state index contributed by atoms with van der Waals surface area (Å²) in [4.78, 5) is 16.7. The lowest BCUT2D eigenvalue weighted by Crippen LogP contribution is -2.09. The molecule has 0 atom stereocenters. The molecule has 2 aromatic heterocycles. The molecule has 3 rings (SSSR count).